The lowest BCUT2D eigenvalue weighted by Gasteiger charge is -2.09. The number of benzene rings is 1. The lowest BCUT2D eigenvalue weighted by Crippen LogP contribution is -2.16. The first-order chi connectivity index (χ1) is 8.58. The van der Waals surface area contributed by atoms with Gasteiger partial charge in [0.15, 0.2) is 5.76 Å². The number of halogens is 1. The molecule has 1 unspecified atom stereocenters. The Hall–Kier alpha value is -1.84. The molecule has 0 aliphatic rings. The number of amides is 1. The number of fused-ring (bicyclic) bond motifs is 1. The van der Waals surface area contributed by atoms with Crippen molar-refractivity contribution in [2.24, 2.45) is 0 Å². The number of nitrogens with one attached hydrogen (secondary N) is 1. The predicted molar refractivity (Wildman–Crippen MR) is 68.3 cm³/mol. The minimum Gasteiger partial charge on any atom is -0.451 e. The Kier molecular flexibility index (Phi) is 3.36. The van der Waals surface area contributed by atoms with Gasteiger partial charge in [0, 0.05) is 13.1 Å². The van der Waals surface area contributed by atoms with Crippen LogP contribution in [0.25, 0.3) is 11.0 Å². The van der Waals surface area contributed by atoms with Crippen LogP contribution in [0.1, 0.15) is 42.3 Å². The van der Waals surface area contributed by atoms with Crippen molar-refractivity contribution in [3.8, 4) is 0 Å². The fourth-order valence-corrected chi connectivity index (χ4v) is 1.93. The molecule has 0 saturated carbocycles. The second kappa shape index (κ2) is 4.80. The molecule has 0 saturated heterocycles. The van der Waals surface area contributed by atoms with E-state index >= 15 is 0 Å². The molecular weight excluding hydrogens is 233 g/mol. The van der Waals surface area contributed by atoms with Crippen LogP contribution in [0.4, 0.5) is 4.39 Å². The fourth-order valence-electron chi connectivity index (χ4n) is 1.93. The van der Waals surface area contributed by atoms with Gasteiger partial charge in [-0.2, -0.15) is 0 Å². The van der Waals surface area contributed by atoms with Crippen molar-refractivity contribution in [2.45, 2.75) is 26.2 Å². The van der Waals surface area contributed by atoms with Crippen molar-refractivity contribution >= 4 is 16.9 Å². The van der Waals surface area contributed by atoms with Crippen LogP contribution in [0.2, 0.25) is 0 Å². The van der Waals surface area contributed by atoms with Crippen LogP contribution in [0.5, 0.6) is 0 Å². The van der Waals surface area contributed by atoms with Crippen molar-refractivity contribution in [1.82, 2.24) is 5.32 Å². The van der Waals surface area contributed by atoms with Gasteiger partial charge in [-0.05, 0) is 24.0 Å². The van der Waals surface area contributed by atoms with E-state index in [2.05, 4.69) is 5.32 Å². The molecule has 1 aromatic carbocycles. The summed E-state index contributed by atoms with van der Waals surface area (Å²) in [5.74, 6) is -0.364. The molecule has 1 amide bonds. The number of hydrogen-bond donors (Lipinski definition) is 1. The average Bonchev–Trinajstić information content (AvgIpc) is 2.82. The third kappa shape index (κ3) is 1.98. The summed E-state index contributed by atoms with van der Waals surface area (Å²) < 4.78 is 19.6. The number of hydrogen-bond acceptors (Lipinski definition) is 2. The summed E-state index contributed by atoms with van der Waals surface area (Å²) in [6.07, 6.45) is 0.864. The second-order valence-corrected chi connectivity index (χ2v) is 4.38. The Morgan fingerprint density at radius 1 is 1.50 bits per heavy atom. The zero-order chi connectivity index (χ0) is 13.3. The van der Waals surface area contributed by atoms with E-state index in [4.69, 9.17) is 4.42 Å². The number of rotatable bonds is 3. The van der Waals surface area contributed by atoms with Gasteiger partial charge >= 0.3 is 0 Å². The van der Waals surface area contributed by atoms with E-state index in [1.54, 1.807) is 12.1 Å². The maximum absolute atomic E-state index is 14.3. The third-order valence-electron chi connectivity index (χ3n) is 3.26. The summed E-state index contributed by atoms with van der Waals surface area (Å²) in [6.45, 7) is 3.99. The first kappa shape index (κ1) is 12.6. The average molecular weight is 249 g/mol. The van der Waals surface area contributed by atoms with Crippen molar-refractivity contribution in [1.29, 1.82) is 0 Å². The molecule has 2 rings (SSSR count). The van der Waals surface area contributed by atoms with E-state index in [1.807, 2.05) is 13.8 Å². The number of furan rings is 1. The van der Waals surface area contributed by atoms with Crippen LogP contribution in [-0.2, 0) is 0 Å². The summed E-state index contributed by atoms with van der Waals surface area (Å²) in [5, 5.41) is 2.82. The zero-order valence-corrected chi connectivity index (χ0v) is 10.7. The summed E-state index contributed by atoms with van der Waals surface area (Å²) >= 11 is 0. The summed E-state index contributed by atoms with van der Waals surface area (Å²) in [6, 6.07) is 4.89. The third-order valence-corrected chi connectivity index (χ3v) is 3.26. The molecule has 0 spiro atoms. The molecule has 1 heterocycles. The number of carbonyl (C=O) groups excluding carboxylic acids is 1. The monoisotopic (exact) mass is 249 g/mol. The van der Waals surface area contributed by atoms with E-state index in [1.165, 1.54) is 13.1 Å². The lowest BCUT2D eigenvalue weighted by atomic mass is 9.97. The van der Waals surface area contributed by atoms with E-state index in [-0.39, 0.29) is 23.4 Å². The molecule has 3 nitrogen and oxygen atoms in total. The SMILES string of the molecule is CCC(C)c1ccc2oc(C(=O)NC)cc2c1F. The van der Waals surface area contributed by atoms with Gasteiger partial charge in [0.25, 0.3) is 5.91 Å². The maximum Gasteiger partial charge on any atom is 0.286 e. The molecule has 4 heteroatoms. The first-order valence-electron chi connectivity index (χ1n) is 6.02. The van der Waals surface area contributed by atoms with Gasteiger partial charge in [-0.3, -0.25) is 4.79 Å². The molecule has 18 heavy (non-hydrogen) atoms. The normalized spacial score (nSPS) is 12.7. The second-order valence-electron chi connectivity index (χ2n) is 4.38. The first-order valence-corrected chi connectivity index (χ1v) is 6.02. The van der Waals surface area contributed by atoms with Crippen LogP contribution in [0.15, 0.2) is 22.6 Å². The van der Waals surface area contributed by atoms with Gasteiger partial charge in [-0.15, -0.1) is 0 Å². The quantitative estimate of drug-likeness (QED) is 0.905. The zero-order valence-electron chi connectivity index (χ0n) is 10.7. The Balaban J connectivity index is 2.57. The standard InChI is InChI=1S/C14H16FNO2/c1-4-8(2)9-5-6-11-10(13(9)15)7-12(18-11)14(17)16-3/h5-8H,4H2,1-3H3,(H,16,17). The van der Waals surface area contributed by atoms with Crippen molar-refractivity contribution < 1.29 is 13.6 Å². The molecule has 2 aromatic rings. The van der Waals surface area contributed by atoms with E-state index in [0.29, 0.717) is 16.5 Å². The van der Waals surface area contributed by atoms with Crippen molar-refractivity contribution in [3.63, 3.8) is 0 Å². The Morgan fingerprint density at radius 3 is 2.83 bits per heavy atom. The minimum absolute atomic E-state index is 0.132. The molecule has 0 aliphatic heterocycles. The molecule has 0 bridgehead atoms. The molecule has 0 aliphatic carbocycles. The Morgan fingerprint density at radius 2 is 2.22 bits per heavy atom. The molecule has 96 valence electrons. The van der Waals surface area contributed by atoms with Gasteiger partial charge in [0.1, 0.15) is 11.4 Å². The molecule has 1 N–H and O–H groups in total. The maximum atomic E-state index is 14.3. The van der Waals surface area contributed by atoms with Crippen LogP contribution in [0.3, 0.4) is 0 Å². The topological polar surface area (TPSA) is 42.2 Å². The Bertz CT molecular complexity index is 589. The lowest BCUT2D eigenvalue weighted by molar-refractivity contribution is 0.0938. The van der Waals surface area contributed by atoms with Gasteiger partial charge in [0.2, 0.25) is 0 Å². The largest absolute Gasteiger partial charge is 0.451 e. The predicted octanol–water partition coefficient (Wildman–Crippen LogP) is 3.45. The van der Waals surface area contributed by atoms with Gasteiger partial charge in [-0.25, -0.2) is 4.39 Å². The minimum atomic E-state index is -0.351. The van der Waals surface area contributed by atoms with Gasteiger partial charge in [-0.1, -0.05) is 19.9 Å². The van der Waals surface area contributed by atoms with Crippen molar-refractivity contribution in [2.75, 3.05) is 7.05 Å². The van der Waals surface area contributed by atoms with E-state index in [0.717, 1.165) is 6.42 Å². The van der Waals surface area contributed by atoms with Crippen LogP contribution >= 0.6 is 0 Å². The summed E-state index contributed by atoms with van der Waals surface area (Å²) in [4.78, 5) is 11.4. The smallest absolute Gasteiger partial charge is 0.286 e. The molecule has 0 radical (unpaired) electrons. The van der Waals surface area contributed by atoms with E-state index < -0.39 is 0 Å². The van der Waals surface area contributed by atoms with Gasteiger partial charge in [0.05, 0.1) is 5.39 Å². The van der Waals surface area contributed by atoms with Crippen LogP contribution in [-0.4, -0.2) is 13.0 Å². The van der Waals surface area contributed by atoms with E-state index in [9.17, 15) is 9.18 Å². The van der Waals surface area contributed by atoms with Crippen LogP contribution in [0, 0.1) is 5.82 Å². The van der Waals surface area contributed by atoms with Crippen LogP contribution < -0.4 is 5.32 Å². The Labute approximate surface area is 105 Å². The summed E-state index contributed by atoms with van der Waals surface area (Å²) in [7, 11) is 1.51. The molecule has 1 aromatic heterocycles. The fraction of sp³-hybridized carbons (Fsp3) is 0.357. The molecule has 1 atom stereocenters. The molecule has 0 fully saturated rings. The number of carbonyl (C=O) groups is 1. The summed E-state index contributed by atoms with van der Waals surface area (Å²) in [5.41, 5.74) is 1.06. The highest BCUT2D eigenvalue weighted by atomic mass is 19.1. The van der Waals surface area contributed by atoms with Gasteiger partial charge < -0.3 is 9.73 Å². The highest BCUT2D eigenvalue weighted by molar-refractivity contribution is 5.96. The highest BCUT2D eigenvalue weighted by Gasteiger charge is 2.17. The molecular formula is C14H16FNO2. The van der Waals surface area contributed by atoms with Crippen molar-refractivity contribution in [3.05, 3.63) is 35.3 Å². The highest BCUT2D eigenvalue weighted by Crippen LogP contribution is 2.29.